The van der Waals surface area contributed by atoms with Crippen LogP contribution in [0.4, 0.5) is 0 Å². The van der Waals surface area contributed by atoms with Crippen LogP contribution in [0.3, 0.4) is 0 Å². The number of H-pyrrole nitrogens is 4. The van der Waals surface area contributed by atoms with Crippen molar-refractivity contribution < 1.29 is 39.9 Å². The first-order chi connectivity index (χ1) is 39.6. The molecule has 0 saturated carbocycles. The van der Waals surface area contributed by atoms with E-state index in [-0.39, 0.29) is 39.9 Å². The van der Waals surface area contributed by atoms with Crippen LogP contribution in [-0.2, 0) is 0 Å². The zero-order valence-corrected chi connectivity index (χ0v) is 44.5. The molecule has 0 fully saturated rings. The summed E-state index contributed by atoms with van der Waals surface area (Å²) in [6.07, 6.45) is 0. The normalized spacial score (nSPS) is 11.9. The van der Waals surface area contributed by atoms with E-state index < -0.39 is 0 Å². The van der Waals surface area contributed by atoms with Gasteiger partial charge in [-0.25, -0.2) is 59.8 Å². The van der Waals surface area contributed by atoms with Crippen molar-refractivity contribution in [2.45, 2.75) is 0 Å². The Bertz CT molecular complexity index is 4390. The Hall–Kier alpha value is -10.2. The van der Waals surface area contributed by atoms with Crippen LogP contribution >= 0.6 is 0 Å². The van der Waals surface area contributed by atoms with Crippen LogP contribution in [0.1, 0.15) is 0 Å². The van der Waals surface area contributed by atoms with Crippen LogP contribution < -0.4 is 0 Å². The maximum absolute atomic E-state index is 5.02. The molecule has 18 rings (SSSR count). The molecular weight excluding hydrogens is 1150 g/mol. The average molecular weight is 1190 g/mol. The fourth-order valence-electron chi connectivity index (χ4n) is 11.2. The van der Waals surface area contributed by atoms with E-state index in [4.69, 9.17) is 59.8 Å². The van der Waals surface area contributed by atoms with Crippen molar-refractivity contribution in [3.63, 3.8) is 0 Å². The molecule has 0 aliphatic carbocycles. The number of fused-ring (bicyclic) bond motifs is 40. The third kappa shape index (κ3) is 7.58. The molecule has 0 amide bonds. The minimum Gasteiger partial charge on any atom is -0.324 e. The van der Waals surface area contributed by atoms with Crippen LogP contribution in [0.15, 0.2) is 194 Å². The SMILES string of the molecule is [Gd+3].c1ccc2c(c1)-c1nc-2nc2[nH]c(nc3nc(nc4[nH]c(n1)c1ccccc41)-c1ccccc1-3)c1ccccc21.c1ccc2c(c1)-c1nc-2nc2[nH]c(nc3nc(nc4[nH]c(n1)c1ccccc41)-c1ccccc1-3)c1ccccc21. The smallest absolute Gasteiger partial charge is 0.324 e. The maximum atomic E-state index is 5.02. The molecule has 377 valence electrons. The first kappa shape index (κ1) is 46.9. The summed E-state index contributed by atoms with van der Waals surface area (Å²) in [7, 11) is 0. The summed E-state index contributed by atoms with van der Waals surface area (Å²) in [5, 5.41) is 7.64. The Morgan fingerprint density at radius 2 is 0.284 bits per heavy atom. The Labute approximate surface area is 489 Å². The van der Waals surface area contributed by atoms with Gasteiger partial charge in [-0.05, 0) is 0 Å². The summed E-state index contributed by atoms with van der Waals surface area (Å²) in [5.74, 6) is 4.78. The van der Waals surface area contributed by atoms with Gasteiger partial charge in [-0.2, -0.15) is 0 Å². The molecule has 4 N–H and O–H groups in total. The molecule has 1 radical (unpaired) electrons. The quantitative estimate of drug-likeness (QED) is 0.111. The Balaban J connectivity index is 0.000000132. The summed E-state index contributed by atoms with van der Waals surface area (Å²) in [6, 6.07) is 64.5. The summed E-state index contributed by atoms with van der Waals surface area (Å²) < 4.78 is 0. The molecule has 14 aromatic rings. The number of benzene rings is 8. The molecule has 10 heterocycles. The number of nitrogens with zero attached hydrogens (tertiary/aromatic N) is 12. The first-order valence-electron chi connectivity index (χ1n) is 26.0. The number of hydrogen-bond donors (Lipinski definition) is 4. The number of aromatic nitrogens is 16. The van der Waals surface area contributed by atoms with Crippen molar-refractivity contribution in [3.05, 3.63) is 194 Å². The molecule has 81 heavy (non-hydrogen) atoms. The minimum atomic E-state index is 0. The van der Waals surface area contributed by atoms with E-state index >= 15 is 0 Å². The zero-order chi connectivity index (χ0) is 52.4. The van der Waals surface area contributed by atoms with Gasteiger partial charge in [0.2, 0.25) is 0 Å². The fraction of sp³-hybridized carbons (Fsp3) is 0. The average Bonchev–Trinajstić information content (AvgIpc) is 4.53. The molecule has 0 spiro atoms. The summed E-state index contributed by atoms with van der Waals surface area (Å²) in [5.41, 5.74) is 12.9. The van der Waals surface area contributed by atoms with E-state index in [0.717, 1.165) is 87.6 Å². The van der Waals surface area contributed by atoms with Gasteiger partial charge < -0.3 is 19.9 Å². The van der Waals surface area contributed by atoms with Crippen molar-refractivity contribution in [1.82, 2.24) is 79.7 Å². The first-order valence-corrected chi connectivity index (χ1v) is 26.0. The van der Waals surface area contributed by atoms with Gasteiger partial charge in [-0.15, -0.1) is 0 Å². The van der Waals surface area contributed by atoms with Crippen LogP contribution in [0.5, 0.6) is 0 Å². The van der Waals surface area contributed by atoms with Crippen molar-refractivity contribution in [3.8, 4) is 91.1 Å². The monoisotopic (exact) mass is 1190 g/mol. The van der Waals surface area contributed by atoms with E-state index in [1.165, 1.54) is 0 Å². The van der Waals surface area contributed by atoms with Crippen LogP contribution in [-0.4, -0.2) is 79.7 Å². The molecule has 6 aromatic heterocycles. The molecule has 8 aromatic carbocycles. The van der Waals surface area contributed by atoms with Gasteiger partial charge in [0, 0.05) is 87.6 Å². The third-order valence-electron chi connectivity index (χ3n) is 14.9. The minimum absolute atomic E-state index is 0. The largest absolute Gasteiger partial charge is 3.00 e. The molecule has 0 saturated heterocycles. The summed E-state index contributed by atoms with van der Waals surface area (Å²) in [6.45, 7) is 0. The van der Waals surface area contributed by atoms with Crippen molar-refractivity contribution in [2.24, 2.45) is 0 Å². The van der Waals surface area contributed by atoms with Crippen LogP contribution in [0.2, 0.25) is 0 Å². The standard InChI is InChI=1S/2C32H18N8.Gd/c2*1-2-10-18-17(9-1)25-33-26(18)38-28-21-13-5-6-14-22(21)30(35-28)40-32-24-16-8-7-15-23(24)31(36-32)39-29-20-12-4-3-11-19(20)27(34-29)37-25;/h2*1-16H,(H2,33,34,35,36,37,38,39,40);/q;;+3. The molecule has 4 aliphatic heterocycles. The van der Waals surface area contributed by atoms with Gasteiger partial charge in [-0.3, -0.25) is 0 Å². The molecule has 4 aliphatic rings. The molecule has 16 bridgehead atoms. The Morgan fingerprint density at radius 1 is 0.160 bits per heavy atom. The van der Waals surface area contributed by atoms with Crippen molar-refractivity contribution in [2.75, 3.05) is 0 Å². The van der Waals surface area contributed by atoms with Gasteiger partial charge in [0.25, 0.3) is 0 Å². The maximum Gasteiger partial charge on any atom is 3.00 e. The Morgan fingerprint density at radius 3 is 0.420 bits per heavy atom. The third-order valence-corrected chi connectivity index (χ3v) is 14.9. The van der Waals surface area contributed by atoms with Gasteiger partial charge in [0.05, 0.1) is 0 Å². The predicted octanol–water partition coefficient (Wildman–Crippen LogP) is 13.7. The number of rotatable bonds is 0. The predicted molar refractivity (Wildman–Crippen MR) is 312 cm³/mol. The number of aromatic amines is 4. The van der Waals surface area contributed by atoms with Gasteiger partial charge in [0.1, 0.15) is 45.2 Å². The van der Waals surface area contributed by atoms with E-state index in [0.29, 0.717) is 91.8 Å². The van der Waals surface area contributed by atoms with E-state index in [1.54, 1.807) is 0 Å². The van der Waals surface area contributed by atoms with Crippen LogP contribution in [0, 0.1) is 39.9 Å². The van der Waals surface area contributed by atoms with Gasteiger partial charge in [-0.1, -0.05) is 194 Å². The van der Waals surface area contributed by atoms with E-state index in [2.05, 4.69) is 19.9 Å². The molecule has 17 heteroatoms. The molecule has 0 atom stereocenters. The number of hydrogen-bond acceptors (Lipinski definition) is 12. The second kappa shape index (κ2) is 18.5. The number of nitrogens with one attached hydrogen (secondary N) is 4. The topological polar surface area (TPSA) is 218 Å². The molecule has 0 unspecified atom stereocenters. The van der Waals surface area contributed by atoms with Gasteiger partial charge >= 0.3 is 39.9 Å². The summed E-state index contributed by atoms with van der Waals surface area (Å²) >= 11 is 0. The van der Waals surface area contributed by atoms with E-state index in [9.17, 15) is 0 Å². The zero-order valence-electron chi connectivity index (χ0n) is 42.2. The van der Waals surface area contributed by atoms with Gasteiger partial charge in [0.15, 0.2) is 46.6 Å². The van der Waals surface area contributed by atoms with E-state index in [1.807, 2.05) is 194 Å². The molecule has 16 nitrogen and oxygen atoms in total. The second-order valence-corrected chi connectivity index (χ2v) is 19.6. The summed E-state index contributed by atoms with van der Waals surface area (Å²) in [4.78, 5) is 73.5. The van der Waals surface area contributed by atoms with Crippen LogP contribution in [0.25, 0.3) is 179 Å². The second-order valence-electron chi connectivity index (χ2n) is 19.6. The molecular formula is C64H36GdN16+3. The van der Waals surface area contributed by atoms with Crippen molar-refractivity contribution >= 4 is 88.3 Å². The van der Waals surface area contributed by atoms with Crippen molar-refractivity contribution in [1.29, 1.82) is 0 Å². The fourth-order valence-corrected chi connectivity index (χ4v) is 11.2. The Kier molecular flexibility index (Phi) is 10.7.